The van der Waals surface area contributed by atoms with Gasteiger partial charge in [-0.15, -0.1) is 0 Å². The summed E-state index contributed by atoms with van der Waals surface area (Å²) in [5.41, 5.74) is 0.679. The Morgan fingerprint density at radius 3 is 2.24 bits per heavy atom. The van der Waals surface area contributed by atoms with Crippen LogP contribution in [0.5, 0.6) is 0 Å². The molecule has 8 atom stereocenters. The molecular formula is C27H48O2. The van der Waals surface area contributed by atoms with Crippen molar-refractivity contribution in [3.05, 3.63) is 0 Å². The van der Waals surface area contributed by atoms with Crippen molar-refractivity contribution < 1.29 is 10.2 Å². The molecule has 2 nitrogen and oxygen atoms in total. The van der Waals surface area contributed by atoms with E-state index in [1.54, 1.807) is 0 Å². The molecule has 4 rings (SSSR count). The molecule has 0 saturated heterocycles. The van der Waals surface area contributed by atoms with E-state index < -0.39 is 5.79 Å². The number of hydrogen-bond donors (Lipinski definition) is 2. The molecule has 29 heavy (non-hydrogen) atoms. The largest absolute Gasteiger partial charge is 0.366 e. The van der Waals surface area contributed by atoms with Gasteiger partial charge >= 0.3 is 0 Å². The van der Waals surface area contributed by atoms with Gasteiger partial charge in [0.05, 0.1) is 0 Å². The summed E-state index contributed by atoms with van der Waals surface area (Å²) in [7, 11) is 0. The highest BCUT2D eigenvalue weighted by atomic mass is 16.5. The molecular weight excluding hydrogens is 356 g/mol. The van der Waals surface area contributed by atoms with E-state index in [2.05, 4.69) is 34.6 Å². The summed E-state index contributed by atoms with van der Waals surface area (Å²) >= 11 is 0. The maximum absolute atomic E-state index is 10.5. The van der Waals surface area contributed by atoms with Gasteiger partial charge in [0.15, 0.2) is 5.79 Å². The van der Waals surface area contributed by atoms with E-state index in [0.29, 0.717) is 30.1 Å². The summed E-state index contributed by atoms with van der Waals surface area (Å²) in [5.74, 6) is 4.33. The van der Waals surface area contributed by atoms with E-state index in [0.717, 1.165) is 36.0 Å². The molecule has 0 aromatic heterocycles. The van der Waals surface area contributed by atoms with Crippen molar-refractivity contribution in [3.63, 3.8) is 0 Å². The van der Waals surface area contributed by atoms with Crippen molar-refractivity contribution in [2.45, 2.75) is 117 Å². The average molecular weight is 405 g/mol. The second-order valence-corrected chi connectivity index (χ2v) is 12.9. The molecule has 4 fully saturated rings. The van der Waals surface area contributed by atoms with Gasteiger partial charge in [-0.1, -0.05) is 53.9 Å². The van der Waals surface area contributed by atoms with Crippen molar-refractivity contribution >= 4 is 0 Å². The topological polar surface area (TPSA) is 40.5 Å². The van der Waals surface area contributed by atoms with Gasteiger partial charge in [0.1, 0.15) is 0 Å². The molecule has 0 bridgehead atoms. The fourth-order valence-electron chi connectivity index (χ4n) is 9.41. The van der Waals surface area contributed by atoms with Gasteiger partial charge in [0, 0.05) is 12.8 Å². The molecule has 2 heteroatoms. The fourth-order valence-corrected chi connectivity index (χ4v) is 9.41. The van der Waals surface area contributed by atoms with E-state index >= 15 is 0 Å². The number of fused-ring (bicyclic) bond motifs is 5. The highest BCUT2D eigenvalue weighted by Gasteiger charge is 2.61. The maximum atomic E-state index is 10.5. The first-order valence-electron chi connectivity index (χ1n) is 13.0. The Bertz CT molecular complexity index is 583. The van der Waals surface area contributed by atoms with Crippen molar-refractivity contribution in [3.8, 4) is 0 Å². The summed E-state index contributed by atoms with van der Waals surface area (Å²) in [6.07, 6.45) is 14.7. The third-order valence-electron chi connectivity index (χ3n) is 10.8. The van der Waals surface area contributed by atoms with Crippen LogP contribution in [0.2, 0.25) is 0 Å². The standard InChI is InChI=1S/C27H48O2/c1-18(2)7-6-8-19(3)22-11-12-23-21-10-9-20-13-16-27(28,29)17-26(20,5)24(21)14-15-25(22,23)4/h18-24,28-29H,6-17H2,1-5H3/t19-,20+,21-,22-,23-,24-,25+,26-/m0/s1. The van der Waals surface area contributed by atoms with Gasteiger partial charge in [-0.3, -0.25) is 0 Å². The van der Waals surface area contributed by atoms with E-state index in [4.69, 9.17) is 0 Å². The molecule has 0 amide bonds. The van der Waals surface area contributed by atoms with Crippen molar-refractivity contribution in [1.82, 2.24) is 0 Å². The highest BCUT2D eigenvalue weighted by molar-refractivity contribution is 5.10. The molecule has 0 spiro atoms. The Labute approximate surface area is 180 Å². The van der Waals surface area contributed by atoms with Crippen LogP contribution in [-0.2, 0) is 0 Å². The zero-order valence-corrected chi connectivity index (χ0v) is 19.9. The Hall–Kier alpha value is -0.0800. The summed E-state index contributed by atoms with van der Waals surface area (Å²) in [6.45, 7) is 12.3. The molecule has 0 unspecified atom stereocenters. The van der Waals surface area contributed by atoms with Crippen molar-refractivity contribution in [1.29, 1.82) is 0 Å². The molecule has 0 aromatic rings. The molecule has 0 radical (unpaired) electrons. The van der Waals surface area contributed by atoms with Gasteiger partial charge in [-0.2, -0.15) is 0 Å². The second kappa shape index (κ2) is 7.80. The van der Waals surface area contributed by atoms with E-state index in [1.165, 1.54) is 57.8 Å². The molecule has 168 valence electrons. The van der Waals surface area contributed by atoms with Gasteiger partial charge in [0.25, 0.3) is 0 Å². The van der Waals surface area contributed by atoms with Crippen LogP contribution in [0, 0.1) is 52.3 Å². The zero-order valence-electron chi connectivity index (χ0n) is 19.9. The number of rotatable bonds is 5. The summed E-state index contributed by atoms with van der Waals surface area (Å²) in [5, 5.41) is 21.0. The first-order valence-corrected chi connectivity index (χ1v) is 13.0. The van der Waals surface area contributed by atoms with Crippen molar-refractivity contribution in [2.24, 2.45) is 52.3 Å². The van der Waals surface area contributed by atoms with Crippen LogP contribution in [0.1, 0.15) is 112 Å². The molecule has 4 saturated carbocycles. The fraction of sp³-hybridized carbons (Fsp3) is 1.00. The van der Waals surface area contributed by atoms with Crippen LogP contribution < -0.4 is 0 Å². The van der Waals surface area contributed by atoms with Crippen molar-refractivity contribution in [2.75, 3.05) is 0 Å². The lowest BCUT2D eigenvalue weighted by molar-refractivity contribution is -0.242. The minimum Gasteiger partial charge on any atom is -0.366 e. The average Bonchev–Trinajstić information content (AvgIpc) is 2.97. The van der Waals surface area contributed by atoms with Crippen LogP contribution in [0.15, 0.2) is 0 Å². The quantitative estimate of drug-likeness (QED) is 0.495. The summed E-state index contributed by atoms with van der Waals surface area (Å²) in [4.78, 5) is 0. The van der Waals surface area contributed by atoms with Gasteiger partial charge in [-0.05, 0) is 97.2 Å². The minimum atomic E-state index is -1.42. The third kappa shape index (κ3) is 3.84. The van der Waals surface area contributed by atoms with Gasteiger partial charge < -0.3 is 10.2 Å². The molecule has 0 aromatic carbocycles. The SMILES string of the molecule is CC(C)CCC[C@H](C)[C@@H]1CC[C@H]2[C@@H]3CC[C@@H]4CCC(O)(O)C[C@]4(C)[C@H]3CC[C@@]21C. The third-order valence-corrected chi connectivity index (χ3v) is 10.8. The van der Waals surface area contributed by atoms with Crippen LogP contribution in [0.25, 0.3) is 0 Å². The van der Waals surface area contributed by atoms with E-state index in [9.17, 15) is 10.2 Å². The molecule has 0 heterocycles. The Kier molecular flexibility index (Phi) is 5.95. The minimum absolute atomic E-state index is 0.146. The van der Waals surface area contributed by atoms with Gasteiger partial charge in [0.2, 0.25) is 0 Å². The van der Waals surface area contributed by atoms with Crippen LogP contribution >= 0.6 is 0 Å². The van der Waals surface area contributed by atoms with Crippen LogP contribution in [0.3, 0.4) is 0 Å². The molecule has 0 aliphatic heterocycles. The Morgan fingerprint density at radius 1 is 0.793 bits per heavy atom. The zero-order chi connectivity index (χ0) is 21.0. The number of aliphatic hydroxyl groups is 2. The predicted molar refractivity (Wildman–Crippen MR) is 120 cm³/mol. The molecule has 4 aliphatic rings. The smallest absolute Gasteiger partial charge is 0.163 e. The lowest BCUT2D eigenvalue weighted by Crippen LogP contribution is -2.56. The lowest BCUT2D eigenvalue weighted by atomic mass is 9.44. The van der Waals surface area contributed by atoms with E-state index in [1.807, 2.05) is 0 Å². The summed E-state index contributed by atoms with van der Waals surface area (Å²) < 4.78 is 0. The number of hydrogen-bond acceptors (Lipinski definition) is 2. The normalized spacial score (nSPS) is 47.4. The van der Waals surface area contributed by atoms with E-state index in [-0.39, 0.29) is 5.41 Å². The Balaban J connectivity index is 1.49. The Morgan fingerprint density at radius 2 is 1.52 bits per heavy atom. The highest BCUT2D eigenvalue weighted by Crippen LogP contribution is 2.68. The predicted octanol–water partition coefficient (Wildman–Crippen LogP) is 6.79. The van der Waals surface area contributed by atoms with Gasteiger partial charge in [-0.25, -0.2) is 0 Å². The lowest BCUT2D eigenvalue weighted by Gasteiger charge is -2.62. The summed E-state index contributed by atoms with van der Waals surface area (Å²) in [6, 6.07) is 0. The van der Waals surface area contributed by atoms with Crippen LogP contribution in [-0.4, -0.2) is 16.0 Å². The first-order chi connectivity index (χ1) is 13.6. The first kappa shape index (κ1) is 22.1. The maximum Gasteiger partial charge on any atom is 0.163 e. The monoisotopic (exact) mass is 404 g/mol. The van der Waals surface area contributed by atoms with Crippen LogP contribution in [0.4, 0.5) is 0 Å². The molecule has 2 N–H and O–H groups in total. The second-order valence-electron chi connectivity index (χ2n) is 12.9. The molecule has 4 aliphatic carbocycles.